The van der Waals surface area contributed by atoms with Crippen LogP contribution in [0.4, 0.5) is 10.5 Å². The van der Waals surface area contributed by atoms with Gasteiger partial charge in [-0.3, -0.25) is 42.9 Å². The number of benzene rings is 1. The fourth-order valence-electron chi connectivity index (χ4n) is 13.9. The van der Waals surface area contributed by atoms with Crippen molar-refractivity contribution in [1.29, 1.82) is 0 Å². The average molecular weight is 1580 g/mol. The smallest absolute Gasteiger partial charge is 0.315 e. The van der Waals surface area contributed by atoms with E-state index in [1.165, 1.54) is 32.0 Å². The molecule has 42 heteroatoms. The quantitative estimate of drug-likeness (QED) is 0.0186. The van der Waals surface area contributed by atoms with Gasteiger partial charge >= 0.3 is 6.03 Å². The first-order valence-corrected chi connectivity index (χ1v) is 38.1. The van der Waals surface area contributed by atoms with E-state index in [9.17, 15) is 89.4 Å². The molecule has 6 aliphatic heterocycles. The number of aromatic nitrogens is 6. The van der Waals surface area contributed by atoms with E-state index in [2.05, 4.69) is 68.5 Å². The Morgan fingerprint density at radius 2 is 0.936 bits per heavy atom. The van der Waals surface area contributed by atoms with E-state index in [-0.39, 0.29) is 78.8 Å². The van der Waals surface area contributed by atoms with Crippen molar-refractivity contribution in [1.82, 2.24) is 72.5 Å². The van der Waals surface area contributed by atoms with Gasteiger partial charge in [0, 0.05) is 88.2 Å². The van der Waals surface area contributed by atoms with Crippen LogP contribution in [0, 0.1) is 0 Å². The van der Waals surface area contributed by atoms with E-state index < -0.39 is 184 Å². The van der Waals surface area contributed by atoms with Gasteiger partial charge < -0.3 is 137 Å². The first-order valence-electron chi connectivity index (χ1n) is 37.0. The van der Waals surface area contributed by atoms with Crippen LogP contribution in [0.2, 0.25) is 0 Å². The van der Waals surface area contributed by atoms with Crippen molar-refractivity contribution in [2.45, 2.75) is 271 Å². The molecule has 0 spiro atoms. The molecule has 41 nitrogen and oxygen atoms in total. The van der Waals surface area contributed by atoms with E-state index in [0.29, 0.717) is 82.3 Å². The number of aliphatic hydroxyl groups excluding tert-OH is 10. The monoisotopic (exact) mass is 1580 g/mol. The number of aliphatic hydroxyl groups is 10. The zero-order valence-corrected chi connectivity index (χ0v) is 62.3. The predicted octanol–water partition coefficient (Wildman–Crippen LogP) is -5.63. The first-order chi connectivity index (χ1) is 52.7. The second-order valence-electron chi connectivity index (χ2n) is 28.0. The Morgan fingerprint density at radius 1 is 0.518 bits per heavy atom. The molecule has 6 fully saturated rings. The van der Waals surface area contributed by atoms with Gasteiger partial charge in [0.15, 0.2) is 25.2 Å². The van der Waals surface area contributed by atoms with Gasteiger partial charge in [-0.05, 0) is 56.7 Å². The first kappa shape index (κ1) is 86.7. The molecule has 9 amide bonds. The van der Waals surface area contributed by atoms with Crippen molar-refractivity contribution >= 4 is 64.8 Å². The molecule has 19 N–H and O–H groups in total. The van der Waals surface area contributed by atoms with Crippen LogP contribution < -0.4 is 47.9 Å². The SMILES string of the molecule is CC(=O)N[C@H]1[C@H](OCCCCCCn2cc(CNC(=O)c3cc(NC(=O)CCCC[C@@H]4SC[C@@H]5NC(=O)N[C@@H]54)cc(C(=O)NCc4cn(CCCCCCO[C@@H]5O[C@H](CO)[C@H](O[C@H]6O[C@H](CO)[C@H](O)[C@H](O)[C@H]6NC(C)=O)[C@H](O)[C@H]5NC(C)=O)nn4)c3)nn2)O[C@H](CO)[C@H](O[C@H]2O[C@H](CO)[C@H](O)[C@H](O)[C@H]2NC(C)=O)[C@@H]1O. The highest BCUT2D eigenvalue weighted by Crippen LogP contribution is 2.35. The minimum absolute atomic E-state index is 0.0310. The maximum absolute atomic E-state index is 13.9. The van der Waals surface area contributed by atoms with Crippen molar-refractivity contribution in [2.24, 2.45) is 0 Å². The van der Waals surface area contributed by atoms with E-state index in [4.69, 9.17) is 37.9 Å². The highest BCUT2D eigenvalue weighted by atomic mass is 32.2. The lowest BCUT2D eigenvalue weighted by Crippen LogP contribution is -2.69. The molecule has 614 valence electrons. The maximum Gasteiger partial charge on any atom is 0.315 e. The van der Waals surface area contributed by atoms with Gasteiger partial charge in [-0.15, -0.1) is 10.2 Å². The molecular formula is C68H105N15O26S. The van der Waals surface area contributed by atoms with Gasteiger partial charge in [-0.25, -0.2) is 4.79 Å². The maximum atomic E-state index is 13.9. The van der Waals surface area contributed by atoms with E-state index >= 15 is 0 Å². The Morgan fingerprint density at radius 3 is 1.36 bits per heavy atom. The summed E-state index contributed by atoms with van der Waals surface area (Å²) in [6.07, 6.45) is -12.7. The minimum atomic E-state index is -1.66. The zero-order chi connectivity index (χ0) is 79.3. The van der Waals surface area contributed by atoms with Gasteiger partial charge in [0.2, 0.25) is 29.5 Å². The number of nitrogens with zero attached hydrogens (tertiary/aromatic N) is 6. The van der Waals surface area contributed by atoms with Gasteiger partial charge in [0.25, 0.3) is 11.8 Å². The van der Waals surface area contributed by atoms with Crippen LogP contribution in [0.3, 0.4) is 0 Å². The van der Waals surface area contributed by atoms with Gasteiger partial charge in [0.1, 0.15) is 109 Å². The Balaban J connectivity index is 0.720. The molecule has 9 rings (SSSR count). The number of amides is 9. The third-order valence-electron chi connectivity index (χ3n) is 19.5. The number of urea groups is 1. The lowest BCUT2D eigenvalue weighted by molar-refractivity contribution is -0.332. The number of aryl methyl sites for hydroxylation is 2. The summed E-state index contributed by atoms with van der Waals surface area (Å²) in [6, 6.07) is -0.925. The molecule has 0 aliphatic carbocycles. The molecule has 0 bridgehead atoms. The summed E-state index contributed by atoms with van der Waals surface area (Å²) >= 11 is 1.78. The summed E-state index contributed by atoms with van der Waals surface area (Å²) in [5, 5.41) is 147. The number of hydrogen-bond acceptors (Lipinski definition) is 31. The van der Waals surface area contributed by atoms with Crippen molar-refractivity contribution in [2.75, 3.05) is 50.7 Å². The third kappa shape index (κ3) is 23.9. The van der Waals surface area contributed by atoms with Crippen LogP contribution in [-0.2, 0) is 88.0 Å². The van der Waals surface area contributed by atoms with Crippen molar-refractivity contribution in [3.8, 4) is 0 Å². The Kier molecular flexibility index (Phi) is 33.1. The molecule has 0 unspecified atom stereocenters. The van der Waals surface area contributed by atoms with Crippen LogP contribution in [0.5, 0.6) is 0 Å². The second-order valence-corrected chi connectivity index (χ2v) is 29.3. The van der Waals surface area contributed by atoms with E-state index in [1.54, 1.807) is 33.5 Å². The van der Waals surface area contributed by atoms with Gasteiger partial charge in [-0.1, -0.05) is 42.5 Å². The number of nitrogens with one attached hydrogen (secondary N) is 9. The molecule has 0 saturated carbocycles. The molecular weight excluding hydrogens is 1470 g/mol. The van der Waals surface area contributed by atoms with E-state index in [0.717, 1.165) is 32.4 Å². The third-order valence-corrected chi connectivity index (χ3v) is 21.0. The summed E-state index contributed by atoms with van der Waals surface area (Å²) in [4.78, 5) is 102. The van der Waals surface area contributed by atoms with Gasteiger partial charge in [0.05, 0.1) is 64.0 Å². The highest BCUT2D eigenvalue weighted by Gasteiger charge is 2.54. The van der Waals surface area contributed by atoms with Crippen molar-refractivity contribution in [3.63, 3.8) is 0 Å². The lowest BCUT2D eigenvalue weighted by Gasteiger charge is -2.48. The number of carbonyl (C=O) groups is 8. The van der Waals surface area contributed by atoms with Crippen LogP contribution in [0.25, 0.3) is 0 Å². The largest absolute Gasteiger partial charge is 0.394 e. The lowest BCUT2D eigenvalue weighted by atomic mass is 9.94. The Bertz CT molecular complexity index is 3330. The summed E-state index contributed by atoms with van der Waals surface area (Å²) < 4.78 is 50.5. The second kappa shape index (κ2) is 42.0. The standard InChI is InChI=1S/C68H105N15O26S/c1-33(88)71-50-56(95)54(93)43(28-84)104-66(50)108-60-45(30-86)106-64(52(58(60)97)73-35(3)90)102-19-13-7-5-11-17-82-26-40(78-80-82)24-69-62(99)37-21-38(23-39(22-37)75-48(92)16-10-9-15-47-49-42(32-110-47)76-68(101)77-49)63(100)70-25-41-27-83(81-79-41)18-12-6-8-14-20-103-65-53(74-36(4)91)59(98)61(46(31-87)107-65)109-67-51(72-34(2)89)57(96)55(94)44(29-85)105-67/h21-23,26-27,42-47,49-61,64-67,84-87,93-98H,5-20,24-25,28-32H2,1-4H3,(H,69,99)(H,70,100)(H,71,88)(H,72,89)(H,73,90)(H,74,91)(H,75,92)(H2,76,77,101)/t42-,43+,44+,45+,46+,47-,49-,50+,51+,52+,53+,54-,55-,56+,57+,58+,59+,60-,61-,64+,65+,66+,67+/m0/s1. The Labute approximate surface area is 636 Å². The summed E-state index contributed by atoms with van der Waals surface area (Å²) in [5.74, 6) is -3.00. The topological polar surface area (TPSA) is 582 Å². The number of fused-ring (bicyclic) bond motifs is 1. The molecule has 6 saturated heterocycles. The number of ether oxygens (including phenoxy) is 8. The van der Waals surface area contributed by atoms with Crippen LogP contribution in [0.15, 0.2) is 30.6 Å². The van der Waals surface area contributed by atoms with Crippen molar-refractivity contribution < 1.29 is 127 Å². The van der Waals surface area contributed by atoms with Crippen LogP contribution in [0.1, 0.15) is 137 Å². The number of anilines is 1. The Hall–Kier alpha value is -7.31. The number of unbranched alkanes of at least 4 members (excludes halogenated alkanes) is 7. The summed E-state index contributed by atoms with van der Waals surface area (Å²) in [7, 11) is 0. The average Bonchev–Trinajstić information content (AvgIpc) is 0.829. The molecule has 110 heavy (non-hydrogen) atoms. The molecule has 3 aromatic rings. The molecule has 23 atom stereocenters. The van der Waals surface area contributed by atoms with E-state index in [1.807, 2.05) is 0 Å². The van der Waals surface area contributed by atoms with Gasteiger partial charge in [-0.2, -0.15) is 11.8 Å². The fraction of sp³-hybridized carbons (Fsp3) is 0.735. The number of hydrogen-bond donors (Lipinski definition) is 19. The zero-order valence-electron chi connectivity index (χ0n) is 61.5. The molecule has 6 aliphatic rings. The number of rotatable bonds is 40. The van der Waals surface area contributed by atoms with Crippen LogP contribution >= 0.6 is 11.8 Å². The molecule has 0 radical (unpaired) electrons. The minimum Gasteiger partial charge on any atom is -0.394 e. The summed E-state index contributed by atoms with van der Waals surface area (Å²) in [6.45, 7) is 2.95. The highest BCUT2D eigenvalue weighted by molar-refractivity contribution is 8.00. The number of thioether (sulfide) groups is 1. The predicted molar refractivity (Wildman–Crippen MR) is 379 cm³/mol. The molecule has 8 heterocycles. The summed E-state index contributed by atoms with van der Waals surface area (Å²) in [5.41, 5.74) is 1.19. The fourth-order valence-corrected chi connectivity index (χ4v) is 15.5. The number of carbonyl (C=O) groups excluding carboxylic acids is 8. The van der Waals surface area contributed by atoms with Crippen molar-refractivity contribution in [3.05, 3.63) is 53.1 Å². The molecule has 1 aromatic carbocycles. The van der Waals surface area contributed by atoms with Crippen LogP contribution in [-0.4, -0.2) is 314 Å². The molecule has 2 aromatic heterocycles. The normalized spacial score (nSPS) is 31.3.